The number of hydrogen-bond acceptors (Lipinski definition) is 2. The molecule has 1 nitrogen and oxygen atoms in total. The number of allylic oxidation sites excluding steroid dienone is 1. The van der Waals surface area contributed by atoms with E-state index in [0.29, 0.717) is 11.9 Å². The van der Waals surface area contributed by atoms with Crippen molar-refractivity contribution in [1.82, 2.24) is 0 Å². The van der Waals surface area contributed by atoms with Crippen LogP contribution in [-0.4, -0.2) is 12.4 Å². The van der Waals surface area contributed by atoms with Gasteiger partial charge in [0.1, 0.15) is 0 Å². The maximum atomic E-state index is 6.19. The molecule has 180 valence electrons. The van der Waals surface area contributed by atoms with Crippen LogP contribution in [0.2, 0.25) is 0 Å². The highest BCUT2D eigenvalue weighted by molar-refractivity contribution is 7.98. The van der Waals surface area contributed by atoms with Crippen LogP contribution in [-0.2, 0) is 17.8 Å². The van der Waals surface area contributed by atoms with E-state index in [1.165, 1.54) is 34.2 Å². The first-order valence-electron chi connectivity index (χ1n) is 12.4. The summed E-state index contributed by atoms with van der Waals surface area (Å²) in [4.78, 5) is 0. The molecule has 32 heavy (non-hydrogen) atoms. The van der Waals surface area contributed by atoms with Gasteiger partial charge < -0.3 is 4.74 Å². The number of aryl methyl sites for hydroxylation is 1. The molecule has 0 amide bonds. The van der Waals surface area contributed by atoms with E-state index < -0.39 is 0 Å². The lowest BCUT2D eigenvalue weighted by Gasteiger charge is -2.18. The van der Waals surface area contributed by atoms with Gasteiger partial charge in [-0.3, -0.25) is 0 Å². The van der Waals surface area contributed by atoms with Crippen molar-refractivity contribution in [3.63, 3.8) is 0 Å². The maximum Gasteiger partial charge on any atom is 0.0726 e. The van der Waals surface area contributed by atoms with Crippen LogP contribution in [0.4, 0.5) is 0 Å². The van der Waals surface area contributed by atoms with E-state index in [2.05, 4.69) is 95.5 Å². The Labute approximate surface area is 204 Å². The molecule has 0 fully saturated rings. The molecule has 0 bridgehead atoms. The third-order valence-electron chi connectivity index (χ3n) is 5.12. The zero-order valence-corrected chi connectivity index (χ0v) is 23.2. The Bertz CT molecular complexity index is 746. The quantitative estimate of drug-likeness (QED) is 0.352. The van der Waals surface area contributed by atoms with Gasteiger partial charge in [0, 0.05) is 5.25 Å². The van der Waals surface area contributed by atoms with Crippen LogP contribution in [0.5, 0.6) is 0 Å². The van der Waals surface area contributed by atoms with Crippen molar-refractivity contribution < 1.29 is 4.74 Å². The zero-order chi connectivity index (χ0) is 24.5. The van der Waals surface area contributed by atoms with E-state index in [4.69, 9.17) is 4.74 Å². The van der Waals surface area contributed by atoms with Crippen molar-refractivity contribution in [3.05, 3.63) is 76.4 Å². The largest absolute Gasteiger partial charge is 0.373 e. The predicted octanol–water partition coefficient (Wildman–Crippen LogP) is 9.68. The van der Waals surface area contributed by atoms with Gasteiger partial charge in [-0.05, 0) is 73.6 Å². The molecule has 2 atom stereocenters. The van der Waals surface area contributed by atoms with E-state index in [1.807, 2.05) is 39.5 Å². The highest BCUT2D eigenvalue weighted by Crippen LogP contribution is 2.33. The van der Waals surface area contributed by atoms with Crippen molar-refractivity contribution in [2.24, 2.45) is 5.92 Å². The summed E-state index contributed by atoms with van der Waals surface area (Å²) in [5.74, 6) is 0.722. The molecular formula is C30H48OS. The van der Waals surface area contributed by atoms with Crippen molar-refractivity contribution >= 4 is 17.8 Å². The van der Waals surface area contributed by atoms with E-state index in [-0.39, 0.29) is 6.10 Å². The Kier molecular flexibility index (Phi) is 17.1. The molecule has 0 N–H and O–H groups in total. The van der Waals surface area contributed by atoms with Gasteiger partial charge in [-0.25, -0.2) is 0 Å². The number of benzene rings is 2. The lowest BCUT2D eigenvalue weighted by atomic mass is 9.99. The minimum atomic E-state index is 0.192. The fourth-order valence-electron chi connectivity index (χ4n) is 3.56. The second-order valence-corrected chi connectivity index (χ2v) is 9.11. The summed E-state index contributed by atoms with van der Waals surface area (Å²) in [7, 11) is 0. The molecule has 0 saturated carbocycles. The Morgan fingerprint density at radius 3 is 2.09 bits per heavy atom. The second kappa shape index (κ2) is 18.0. The Hall–Kier alpha value is -1.51. The van der Waals surface area contributed by atoms with Crippen molar-refractivity contribution in [2.75, 3.05) is 6.26 Å². The first kappa shape index (κ1) is 30.5. The fraction of sp³-hybridized carbons (Fsp3) is 0.533. The third kappa shape index (κ3) is 10.9. The first-order valence-corrected chi connectivity index (χ1v) is 13.7. The number of hydrogen-bond donors (Lipinski definition) is 0. The molecule has 0 aliphatic carbocycles. The molecular weight excluding hydrogens is 408 g/mol. The smallest absolute Gasteiger partial charge is 0.0726 e. The normalized spacial score (nSPS) is 12.6. The molecule has 0 aliphatic heterocycles. The minimum absolute atomic E-state index is 0.192. The topological polar surface area (TPSA) is 9.23 Å². The van der Waals surface area contributed by atoms with Gasteiger partial charge in [-0.15, -0.1) is 0 Å². The summed E-state index contributed by atoms with van der Waals surface area (Å²) in [6, 6.07) is 15.6. The first-order chi connectivity index (χ1) is 15.4. The van der Waals surface area contributed by atoms with E-state index in [9.17, 15) is 0 Å². The summed E-state index contributed by atoms with van der Waals surface area (Å²) in [6.45, 7) is 19.6. The predicted molar refractivity (Wildman–Crippen MR) is 149 cm³/mol. The van der Waals surface area contributed by atoms with Crippen LogP contribution in [0.15, 0.2) is 48.5 Å². The van der Waals surface area contributed by atoms with Gasteiger partial charge in [0.2, 0.25) is 0 Å². The molecule has 0 aromatic heterocycles. The molecule has 2 aromatic carbocycles. The van der Waals surface area contributed by atoms with Gasteiger partial charge in [-0.1, -0.05) is 96.2 Å². The van der Waals surface area contributed by atoms with Crippen LogP contribution >= 0.6 is 11.8 Å². The van der Waals surface area contributed by atoms with Crippen molar-refractivity contribution in [2.45, 2.75) is 93.1 Å². The van der Waals surface area contributed by atoms with Gasteiger partial charge >= 0.3 is 0 Å². The van der Waals surface area contributed by atoms with Gasteiger partial charge in [0.05, 0.1) is 12.7 Å². The summed E-state index contributed by atoms with van der Waals surface area (Å²) >= 11 is 1.95. The summed E-state index contributed by atoms with van der Waals surface area (Å²) in [5, 5.41) is 0.592. The third-order valence-corrected chi connectivity index (χ3v) is 6.15. The Morgan fingerprint density at radius 1 is 0.938 bits per heavy atom. The number of thioether (sulfide) groups is 1. The summed E-state index contributed by atoms with van der Waals surface area (Å²) in [5.41, 5.74) is 6.63. The maximum absolute atomic E-state index is 6.19. The average Bonchev–Trinajstić information content (AvgIpc) is 2.81. The van der Waals surface area contributed by atoms with Gasteiger partial charge in [-0.2, -0.15) is 11.8 Å². The molecule has 2 unspecified atom stereocenters. The molecule has 0 heterocycles. The second-order valence-electron chi connectivity index (χ2n) is 8.07. The van der Waals surface area contributed by atoms with Crippen LogP contribution in [0.1, 0.15) is 94.9 Å². The molecule has 2 aromatic rings. The molecule has 2 rings (SSSR count). The standard InChI is InChI=1S/C26H36OS.2C2H6/c1-7-9-25-20(4)10-8-11-24(25)18-27-21(5)17-22-12-14-23(15-13-22)26(28-6)16-19(2)3;2*1-2/h7-15,19,21,26H,16-18H2,1-6H3;2*1-2H3/b9-7-;;. The van der Waals surface area contributed by atoms with E-state index in [0.717, 1.165) is 12.3 Å². The van der Waals surface area contributed by atoms with Crippen LogP contribution in [0.25, 0.3) is 6.08 Å². The monoisotopic (exact) mass is 456 g/mol. The Morgan fingerprint density at radius 2 is 1.56 bits per heavy atom. The SMILES string of the molecule is C/C=C\c1c(C)cccc1COC(C)Cc1ccc(C(CC(C)C)SC)cc1.CC.CC. The number of rotatable bonds is 10. The average molecular weight is 457 g/mol. The molecule has 0 radical (unpaired) electrons. The molecule has 2 heteroatoms. The van der Waals surface area contributed by atoms with Crippen LogP contribution < -0.4 is 0 Å². The zero-order valence-electron chi connectivity index (χ0n) is 22.4. The van der Waals surface area contributed by atoms with Crippen molar-refractivity contribution in [1.29, 1.82) is 0 Å². The lowest BCUT2D eigenvalue weighted by Crippen LogP contribution is -2.12. The molecule has 0 aliphatic rings. The highest BCUT2D eigenvalue weighted by Gasteiger charge is 2.13. The van der Waals surface area contributed by atoms with Gasteiger partial charge in [0.15, 0.2) is 0 Å². The summed E-state index contributed by atoms with van der Waals surface area (Å²) in [6.07, 6.45) is 8.85. The number of ether oxygens (including phenoxy) is 1. The van der Waals surface area contributed by atoms with Crippen LogP contribution in [0.3, 0.4) is 0 Å². The molecule has 0 saturated heterocycles. The van der Waals surface area contributed by atoms with E-state index in [1.54, 1.807) is 0 Å². The minimum Gasteiger partial charge on any atom is -0.373 e. The highest BCUT2D eigenvalue weighted by atomic mass is 32.2. The lowest BCUT2D eigenvalue weighted by molar-refractivity contribution is 0.0534. The summed E-state index contributed by atoms with van der Waals surface area (Å²) < 4.78 is 6.19. The fourth-order valence-corrected chi connectivity index (χ4v) is 4.57. The van der Waals surface area contributed by atoms with Crippen molar-refractivity contribution in [3.8, 4) is 0 Å². The van der Waals surface area contributed by atoms with E-state index >= 15 is 0 Å². The van der Waals surface area contributed by atoms with Gasteiger partial charge in [0.25, 0.3) is 0 Å². The molecule has 0 spiro atoms. The Balaban J connectivity index is 0.00000227. The van der Waals surface area contributed by atoms with Crippen LogP contribution in [0, 0.1) is 12.8 Å².